The normalized spacial score (nSPS) is 23.4. The van der Waals surface area contributed by atoms with E-state index in [1.807, 2.05) is 29.2 Å². The number of fused-ring (bicyclic) bond motifs is 1. The average Bonchev–Trinajstić information content (AvgIpc) is 3.11. The molecule has 4 rings (SSSR count). The number of carbonyl (C=O) groups excluding carboxylic acids is 1. The second-order valence-electron chi connectivity index (χ2n) is 7.27. The van der Waals surface area contributed by atoms with E-state index in [9.17, 15) is 4.79 Å². The summed E-state index contributed by atoms with van der Waals surface area (Å²) in [6, 6.07) is 7.51. The molecule has 1 aromatic heterocycles. The van der Waals surface area contributed by atoms with Gasteiger partial charge in [-0.3, -0.25) is 9.69 Å². The molecule has 0 saturated carbocycles. The Morgan fingerprint density at radius 2 is 2.15 bits per heavy atom. The van der Waals surface area contributed by atoms with Gasteiger partial charge in [-0.1, -0.05) is 12.1 Å². The molecule has 1 amide bonds. The van der Waals surface area contributed by atoms with Gasteiger partial charge in [-0.15, -0.1) is 0 Å². The number of methoxy groups -OCH3 is 2. The van der Waals surface area contributed by atoms with Gasteiger partial charge in [0.25, 0.3) is 5.91 Å². The number of hydrogen-bond acceptors (Lipinski definition) is 5. The molecule has 0 N–H and O–H groups in total. The van der Waals surface area contributed by atoms with E-state index in [2.05, 4.69) is 4.90 Å². The van der Waals surface area contributed by atoms with E-state index in [1.165, 1.54) is 0 Å². The quantitative estimate of drug-likeness (QED) is 0.823. The lowest BCUT2D eigenvalue weighted by atomic mass is 9.77. The summed E-state index contributed by atoms with van der Waals surface area (Å²) < 4.78 is 16.4. The number of amides is 1. The first-order valence-electron chi connectivity index (χ1n) is 9.27. The van der Waals surface area contributed by atoms with Crippen molar-refractivity contribution in [2.24, 2.45) is 0 Å². The highest BCUT2D eigenvalue weighted by Crippen LogP contribution is 2.39. The summed E-state index contributed by atoms with van der Waals surface area (Å²) in [6.45, 7) is 4.31. The Kier molecular flexibility index (Phi) is 4.63. The molecular formula is C20H26N2O4. The number of ether oxygens (including phenoxy) is 2. The highest BCUT2D eigenvalue weighted by molar-refractivity contribution is 5.97. The Morgan fingerprint density at radius 1 is 1.27 bits per heavy atom. The number of carbonyl (C=O) groups is 1. The van der Waals surface area contributed by atoms with Crippen LogP contribution in [-0.2, 0) is 4.74 Å². The summed E-state index contributed by atoms with van der Waals surface area (Å²) in [5.74, 6) is 1.02. The number of likely N-dealkylation sites (tertiary alicyclic amines) is 2. The van der Waals surface area contributed by atoms with Gasteiger partial charge in [0.2, 0.25) is 0 Å². The number of rotatable bonds is 5. The van der Waals surface area contributed by atoms with E-state index < -0.39 is 0 Å². The van der Waals surface area contributed by atoms with Crippen molar-refractivity contribution in [3.8, 4) is 5.75 Å². The number of nitrogens with zero attached hydrogens (tertiary/aromatic N) is 2. The van der Waals surface area contributed by atoms with Crippen LogP contribution in [0.1, 0.15) is 29.8 Å². The van der Waals surface area contributed by atoms with E-state index in [-0.39, 0.29) is 11.4 Å². The van der Waals surface area contributed by atoms with E-state index in [4.69, 9.17) is 13.9 Å². The fraction of sp³-hybridized carbons (Fsp3) is 0.550. The minimum absolute atomic E-state index is 0.0269. The zero-order valence-corrected chi connectivity index (χ0v) is 15.5. The zero-order valence-electron chi connectivity index (χ0n) is 15.5. The van der Waals surface area contributed by atoms with E-state index >= 15 is 0 Å². The van der Waals surface area contributed by atoms with Crippen LogP contribution in [-0.4, -0.2) is 68.3 Å². The summed E-state index contributed by atoms with van der Waals surface area (Å²) in [7, 11) is 3.34. The smallest absolute Gasteiger partial charge is 0.289 e. The summed E-state index contributed by atoms with van der Waals surface area (Å²) in [4.78, 5) is 17.5. The number of piperidine rings is 1. The molecular weight excluding hydrogens is 332 g/mol. The summed E-state index contributed by atoms with van der Waals surface area (Å²) in [6.07, 6.45) is 3.32. The molecule has 2 fully saturated rings. The van der Waals surface area contributed by atoms with Crippen molar-refractivity contribution >= 4 is 16.9 Å². The minimum atomic E-state index is -0.0269. The molecule has 2 aliphatic rings. The Hall–Kier alpha value is -2.05. The maximum Gasteiger partial charge on any atom is 0.289 e. The van der Waals surface area contributed by atoms with Crippen molar-refractivity contribution < 1.29 is 18.7 Å². The average molecular weight is 358 g/mol. The van der Waals surface area contributed by atoms with Crippen molar-refractivity contribution in [1.29, 1.82) is 0 Å². The van der Waals surface area contributed by atoms with Crippen molar-refractivity contribution in [2.75, 3.05) is 47.0 Å². The second kappa shape index (κ2) is 6.93. The van der Waals surface area contributed by atoms with E-state index in [0.717, 1.165) is 57.4 Å². The van der Waals surface area contributed by atoms with E-state index in [0.29, 0.717) is 17.1 Å². The lowest BCUT2D eigenvalue weighted by Gasteiger charge is -2.57. The first kappa shape index (κ1) is 17.4. The van der Waals surface area contributed by atoms with Crippen molar-refractivity contribution in [2.45, 2.75) is 24.8 Å². The fourth-order valence-electron chi connectivity index (χ4n) is 4.34. The van der Waals surface area contributed by atoms with Gasteiger partial charge in [0.15, 0.2) is 17.1 Å². The van der Waals surface area contributed by atoms with Crippen LogP contribution >= 0.6 is 0 Å². The number of benzene rings is 1. The van der Waals surface area contributed by atoms with Gasteiger partial charge in [0, 0.05) is 44.2 Å². The zero-order chi connectivity index (χ0) is 18.1. The van der Waals surface area contributed by atoms with Crippen molar-refractivity contribution in [1.82, 2.24) is 9.80 Å². The van der Waals surface area contributed by atoms with Crippen LogP contribution in [0.5, 0.6) is 5.75 Å². The third-order valence-corrected chi connectivity index (χ3v) is 5.86. The van der Waals surface area contributed by atoms with Crippen molar-refractivity contribution in [3.63, 3.8) is 0 Å². The first-order valence-corrected chi connectivity index (χ1v) is 9.27. The SMILES string of the molecule is COCCN1CC[C@@]12CCCN(C(=O)c1cc3cccc(OC)c3o1)C2. The van der Waals surface area contributed by atoms with Crippen LogP contribution in [0, 0.1) is 0 Å². The molecule has 2 saturated heterocycles. The summed E-state index contributed by atoms with van der Waals surface area (Å²) >= 11 is 0. The number of para-hydroxylation sites is 1. The summed E-state index contributed by atoms with van der Waals surface area (Å²) in [5, 5.41) is 0.893. The molecule has 1 spiro atoms. The molecule has 0 bridgehead atoms. The Bertz CT molecular complexity index is 802. The molecule has 6 heteroatoms. The lowest BCUT2D eigenvalue weighted by Crippen LogP contribution is -2.67. The first-order chi connectivity index (χ1) is 12.7. The molecule has 0 radical (unpaired) electrons. The lowest BCUT2D eigenvalue weighted by molar-refractivity contribution is -0.0682. The standard InChI is InChI=1S/C20H26N2O4/c1-24-12-11-22-10-8-20(22)7-4-9-21(14-20)19(23)17-13-15-5-3-6-16(25-2)18(15)26-17/h3,5-6,13H,4,7-12,14H2,1-2H3/t20-/m1/s1. The third-order valence-electron chi connectivity index (χ3n) is 5.86. The van der Waals surface area contributed by atoms with Crippen LogP contribution < -0.4 is 4.74 Å². The molecule has 1 atom stereocenters. The molecule has 2 aromatic rings. The number of hydrogen-bond donors (Lipinski definition) is 0. The highest BCUT2D eigenvalue weighted by Gasteiger charge is 2.47. The molecule has 140 valence electrons. The maximum absolute atomic E-state index is 13.1. The van der Waals surface area contributed by atoms with Crippen molar-refractivity contribution in [3.05, 3.63) is 30.0 Å². The Morgan fingerprint density at radius 3 is 2.88 bits per heavy atom. The van der Waals surface area contributed by atoms with Gasteiger partial charge in [0.1, 0.15) is 0 Å². The van der Waals surface area contributed by atoms with Gasteiger partial charge in [0.05, 0.1) is 13.7 Å². The molecule has 3 heterocycles. The van der Waals surface area contributed by atoms with Gasteiger partial charge < -0.3 is 18.8 Å². The molecule has 2 aliphatic heterocycles. The monoisotopic (exact) mass is 358 g/mol. The minimum Gasteiger partial charge on any atom is -0.493 e. The van der Waals surface area contributed by atoms with Gasteiger partial charge in [-0.05, 0) is 31.4 Å². The molecule has 0 aliphatic carbocycles. The van der Waals surface area contributed by atoms with Crippen LogP contribution in [0.4, 0.5) is 0 Å². The molecule has 0 unspecified atom stereocenters. The van der Waals surface area contributed by atoms with Gasteiger partial charge >= 0.3 is 0 Å². The molecule has 1 aromatic carbocycles. The third kappa shape index (κ3) is 2.87. The largest absolute Gasteiger partial charge is 0.493 e. The predicted molar refractivity (Wildman–Crippen MR) is 98.7 cm³/mol. The van der Waals surface area contributed by atoms with E-state index in [1.54, 1.807) is 14.2 Å². The van der Waals surface area contributed by atoms with Crippen LogP contribution in [0.2, 0.25) is 0 Å². The summed E-state index contributed by atoms with van der Waals surface area (Å²) in [5.41, 5.74) is 0.756. The van der Waals surface area contributed by atoms with Crippen LogP contribution in [0.25, 0.3) is 11.0 Å². The topological polar surface area (TPSA) is 55.2 Å². The molecule has 6 nitrogen and oxygen atoms in total. The van der Waals surface area contributed by atoms with Crippen LogP contribution in [0.3, 0.4) is 0 Å². The van der Waals surface area contributed by atoms with Gasteiger partial charge in [-0.2, -0.15) is 0 Å². The van der Waals surface area contributed by atoms with Gasteiger partial charge in [-0.25, -0.2) is 0 Å². The number of furan rings is 1. The highest BCUT2D eigenvalue weighted by atomic mass is 16.5. The second-order valence-corrected chi connectivity index (χ2v) is 7.27. The van der Waals surface area contributed by atoms with Crippen LogP contribution in [0.15, 0.2) is 28.7 Å². The molecule has 26 heavy (non-hydrogen) atoms. The Balaban J connectivity index is 1.53. The maximum atomic E-state index is 13.1. The Labute approximate surface area is 153 Å². The fourth-order valence-corrected chi connectivity index (χ4v) is 4.34. The predicted octanol–water partition coefficient (Wildman–Crippen LogP) is 2.77.